The van der Waals surface area contributed by atoms with Gasteiger partial charge in [-0.15, -0.1) is 0 Å². The summed E-state index contributed by atoms with van der Waals surface area (Å²) in [5.74, 6) is 2.00. The normalized spacial score (nSPS) is 23.3. The minimum Gasteiger partial charge on any atom is -0.396 e. The first-order chi connectivity index (χ1) is 9.22. The van der Waals surface area contributed by atoms with Gasteiger partial charge in [0.15, 0.2) is 5.82 Å². The van der Waals surface area contributed by atoms with Crippen molar-refractivity contribution in [2.45, 2.75) is 38.3 Å². The molecule has 0 aliphatic heterocycles. The zero-order chi connectivity index (χ0) is 13.7. The van der Waals surface area contributed by atoms with Crippen molar-refractivity contribution in [3.63, 3.8) is 0 Å². The van der Waals surface area contributed by atoms with Crippen LogP contribution in [0.4, 0.5) is 11.6 Å². The molecule has 2 rings (SSSR count). The van der Waals surface area contributed by atoms with Crippen LogP contribution < -0.4 is 11.1 Å². The van der Waals surface area contributed by atoms with Crippen LogP contribution in [0, 0.1) is 5.92 Å². The fourth-order valence-corrected chi connectivity index (χ4v) is 2.59. The second-order valence-electron chi connectivity index (χ2n) is 5.01. The maximum atomic E-state index is 9.42. The van der Waals surface area contributed by atoms with Gasteiger partial charge in [0.1, 0.15) is 18.2 Å². The molecule has 4 N–H and O–H groups in total. The van der Waals surface area contributed by atoms with Gasteiger partial charge in [-0.2, -0.15) is 0 Å². The molecule has 1 aromatic heterocycles. The number of hydrogen-bond acceptors (Lipinski definition) is 6. The van der Waals surface area contributed by atoms with E-state index in [1.54, 1.807) is 13.2 Å². The number of rotatable bonds is 5. The number of ether oxygens (including phenoxy) is 1. The number of nitrogen functional groups attached to an aromatic ring is 1. The molecule has 0 amide bonds. The predicted octanol–water partition coefficient (Wildman–Crippen LogP) is 1.17. The minimum atomic E-state index is 0.211. The van der Waals surface area contributed by atoms with Crippen molar-refractivity contribution in [1.29, 1.82) is 0 Å². The van der Waals surface area contributed by atoms with E-state index in [2.05, 4.69) is 15.3 Å². The summed E-state index contributed by atoms with van der Waals surface area (Å²) in [6, 6.07) is 1.98. The standard InChI is InChI=1S/C13H22N4O2/c1-19-8-13-16-11(14)6-12(17-13)15-10-5-3-2-4-9(10)7-18/h6,9-10,18H,2-5,7-8H2,1H3,(H3,14,15,16,17). The van der Waals surface area contributed by atoms with E-state index in [9.17, 15) is 5.11 Å². The Hall–Kier alpha value is -1.40. The average molecular weight is 266 g/mol. The first-order valence-electron chi connectivity index (χ1n) is 6.72. The highest BCUT2D eigenvalue weighted by Crippen LogP contribution is 2.26. The van der Waals surface area contributed by atoms with E-state index in [-0.39, 0.29) is 18.6 Å². The number of nitrogens with zero attached hydrogens (tertiary/aromatic N) is 2. The van der Waals surface area contributed by atoms with E-state index >= 15 is 0 Å². The summed E-state index contributed by atoms with van der Waals surface area (Å²) in [6.45, 7) is 0.553. The van der Waals surface area contributed by atoms with Crippen molar-refractivity contribution in [3.05, 3.63) is 11.9 Å². The number of aromatic nitrogens is 2. The molecule has 6 heteroatoms. The first kappa shape index (κ1) is 14.0. The van der Waals surface area contributed by atoms with Crippen LogP contribution in [-0.2, 0) is 11.3 Å². The molecule has 1 saturated carbocycles. The summed E-state index contributed by atoms with van der Waals surface area (Å²) >= 11 is 0. The molecule has 0 radical (unpaired) electrons. The summed E-state index contributed by atoms with van der Waals surface area (Å²) < 4.78 is 5.02. The van der Waals surface area contributed by atoms with E-state index in [4.69, 9.17) is 10.5 Å². The topological polar surface area (TPSA) is 93.3 Å². The van der Waals surface area contributed by atoms with Gasteiger partial charge in [0, 0.05) is 31.7 Å². The van der Waals surface area contributed by atoms with E-state index in [1.165, 1.54) is 12.8 Å². The molecular weight excluding hydrogens is 244 g/mol. The number of aliphatic hydroxyl groups is 1. The van der Waals surface area contributed by atoms with E-state index < -0.39 is 0 Å². The van der Waals surface area contributed by atoms with Crippen molar-refractivity contribution in [2.75, 3.05) is 24.8 Å². The third-order valence-electron chi connectivity index (χ3n) is 3.54. The monoisotopic (exact) mass is 266 g/mol. The molecule has 6 nitrogen and oxygen atoms in total. The summed E-state index contributed by atoms with van der Waals surface area (Å²) in [5.41, 5.74) is 5.77. The van der Waals surface area contributed by atoms with E-state index in [0.717, 1.165) is 12.8 Å². The van der Waals surface area contributed by atoms with Crippen molar-refractivity contribution in [1.82, 2.24) is 9.97 Å². The largest absolute Gasteiger partial charge is 0.396 e. The summed E-state index contributed by atoms with van der Waals surface area (Å²) in [5, 5.41) is 12.8. The Balaban J connectivity index is 2.08. The van der Waals surface area contributed by atoms with Crippen LogP contribution in [-0.4, -0.2) is 34.8 Å². The molecule has 1 aliphatic carbocycles. The Morgan fingerprint density at radius 1 is 1.42 bits per heavy atom. The molecule has 0 saturated heterocycles. The molecule has 2 unspecified atom stereocenters. The Morgan fingerprint density at radius 3 is 2.95 bits per heavy atom. The lowest BCUT2D eigenvalue weighted by Gasteiger charge is -2.31. The SMILES string of the molecule is COCc1nc(N)cc(NC2CCCCC2CO)n1. The Bertz CT molecular complexity index is 414. The van der Waals surface area contributed by atoms with E-state index in [1.807, 2.05) is 0 Å². The maximum absolute atomic E-state index is 9.42. The van der Waals surface area contributed by atoms with Gasteiger partial charge < -0.3 is 20.9 Å². The smallest absolute Gasteiger partial charge is 0.158 e. The second kappa shape index (κ2) is 6.68. The molecule has 2 atom stereocenters. The van der Waals surface area contributed by atoms with Gasteiger partial charge >= 0.3 is 0 Å². The van der Waals surface area contributed by atoms with Crippen molar-refractivity contribution < 1.29 is 9.84 Å². The molecule has 106 valence electrons. The van der Waals surface area contributed by atoms with Gasteiger partial charge in [-0.3, -0.25) is 0 Å². The second-order valence-corrected chi connectivity index (χ2v) is 5.01. The Kier molecular flexibility index (Phi) is 4.93. The molecule has 0 spiro atoms. The molecular formula is C13H22N4O2. The number of hydrogen-bond donors (Lipinski definition) is 3. The molecule has 0 aromatic carbocycles. The molecule has 1 aliphatic rings. The number of nitrogens with one attached hydrogen (secondary N) is 1. The highest BCUT2D eigenvalue weighted by atomic mass is 16.5. The lowest BCUT2D eigenvalue weighted by Crippen LogP contribution is -2.34. The van der Waals surface area contributed by atoms with Crippen LogP contribution >= 0.6 is 0 Å². The molecule has 1 heterocycles. The average Bonchev–Trinajstić information content (AvgIpc) is 2.39. The fraction of sp³-hybridized carbons (Fsp3) is 0.692. The molecule has 1 aromatic rings. The third-order valence-corrected chi connectivity index (χ3v) is 3.54. The van der Waals surface area contributed by atoms with Crippen LogP contribution in [0.5, 0.6) is 0 Å². The Labute approximate surface area is 113 Å². The Morgan fingerprint density at radius 2 is 2.21 bits per heavy atom. The number of methoxy groups -OCH3 is 1. The maximum Gasteiger partial charge on any atom is 0.158 e. The van der Waals surface area contributed by atoms with Crippen LogP contribution in [0.1, 0.15) is 31.5 Å². The lowest BCUT2D eigenvalue weighted by molar-refractivity contribution is 0.176. The van der Waals surface area contributed by atoms with Gasteiger partial charge in [-0.1, -0.05) is 12.8 Å². The third kappa shape index (κ3) is 3.78. The number of aliphatic hydroxyl groups excluding tert-OH is 1. The molecule has 0 bridgehead atoms. The fourth-order valence-electron chi connectivity index (χ4n) is 2.59. The summed E-state index contributed by atoms with van der Waals surface area (Å²) in [7, 11) is 1.60. The molecule has 19 heavy (non-hydrogen) atoms. The summed E-state index contributed by atoms with van der Waals surface area (Å²) in [6.07, 6.45) is 4.47. The van der Waals surface area contributed by atoms with Gasteiger partial charge in [-0.25, -0.2) is 9.97 Å². The van der Waals surface area contributed by atoms with Crippen LogP contribution in [0.3, 0.4) is 0 Å². The van der Waals surface area contributed by atoms with Gasteiger partial charge in [-0.05, 0) is 12.8 Å². The van der Waals surface area contributed by atoms with Gasteiger partial charge in [0.2, 0.25) is 0 Å². The predicted molar refractivity (Wildman–Crippen MR) is 73.6 cm³/mol. The van der Waals surface area contributed by atoms with Gasteiger partial charge in [0.05, 0.1) is 0 Å². The van der Waals surface area contributed by atoms with Crippen LogP contribution in [0.15, 0.2) is 6.07 Å². The van der Waals surface area contributed by atoms with Crippen molar-refractivity contribution in [3.8, 4) is 0 Å². The van der Waals surface area contributed by atoms with Crippen LogP contribution in [0.2, 0.25) is 0 Å². The highest BCUT2D eigenvalue weighted by Gasteiger charge is 2.24. The quantitative estimate of drug-likeness (QED) is 0.740. The van der Waals surface area contributed by atoms with Crippen molar-refractivity contribution >= 4 is 11.6 Å². The van der Waals surface area contributed by atoms with Crippen molar-refractivity contribution in [2.24, 2.45) is 5.92 Å². The molecule has 1 fully saturated rings. The van der Waals surface area contributed by atoms with E-state index in [0.29, 0.717) is 24.1 Å². The minimum absolute atomic E-state index is 0.211. The van der Waals surface area contributed by atoms with Crippen LogP contribution in [0.25, 0.3) is 0 Å². The number of nitrogens with two attached hydrogens (primary N) is 1. The zero-order valence-corrected chi connectivity index (χ0v) is 11.3. The zero-order valence-electron chi connectivity index (χ0n) is 11.3. The first-order valence-corrected chi connectivity index (χ1v) is 6.72. The lowest BCUT2D eigenvalue weighted by atomic mass is 9.85. The summed E-state index contributed by atoms with van der Waals surface area (Å²) in [4.78, 5) is 8.49. The van der Waals surface area contributed by atoms with Gasteiger partial charge in [0.25, 0.3) is 0 Å². The number of anilines is 2. The highest BCUT2D eigenvalue weighted by molar-refractivity contribution is 5.45.